The van der Waals surface area contributed by atoms with E-state index in [4.69, 9.17) is 5.73 Å². The molecule has 94 valence electrons. The van der Waals surface area contributed by atoms with E-state index in [1.165, 1.54) is 22.3 Å². The van der Waals surface area contributed by atoms with Crippen LogP contribution in [0.15, 0.2) is 48.5 Å². The average Bonchev–Trinajstić information content (AvgIpc) is 2.42. The molecule has 0 amide bonds. The van der Waals surface area contributed by atoms with E-state index in [2.05, 4.69) is 60.8 Å². The number of hydrogen-bond acceptors (Lipinski definition) is 2. The van der Waals surface area contributed by atoms with E-state index < -0.39 is 0 Å². The molecule has 0 aromatic heterocycles. The molecule has 3 N–H and O–H groups in total. The second-order valence-electron chi connectivity index (χ2n) is 4.53. The maximum Gasteiger partial charge on any atom is 0.0576 e. The fourth-order valence-corrected chi connectivity index (χ4v) is 2.31. The Morgan fingerprint density at radius 1 is 1.11 bits per heavy atom. The summed E-state index contributed by atoms with van der Waals surface area (Å²) in [6.07, 6.45) is 0. The molecule has 0 heterocycles. The maximum atomic E-state index is 5.71. The van der Waals surface area contributed by atoms with Crippen molar-refractivity contribution in [3.05, 3.63) is 70.8 Å². The summed E-state index contributed by atoms with van der Waals surface area (Å²) in [5.74, 6) is 0. The molecular formula is C16H20N2. The van der Waals surface area contributed by atoms with E-state index in [0.29, 0.717) is 6.54 Å². The van der Waals surface area contributed by atoms with Crippen molar-refractivity contribution in [1.82, 2.24) is 5.32 Å². The van der Waals surface area contributed by atoms with Gasteiger partial charge >= 0.3 is 0 Å². The molecule has 2 heteroatoms. The molecule has 0 saturated carbocycles. The van der Waals surface area contributed by atoms with Crippen LogP contribution in [0.25, 0.3) is 0 Å². The number of nitrogens with one attached hydrogen (secondary N) is 1. The van der Waals surface area contributed by atoms with Crippen molar-refractivity contribution < 1.29 is 0 Å². The third-order valence-electron chi connectivity index (χ3n) is 3.31. The number of hydrogen-bond donors (Lipinski definition) is 2. The van der Waals surface area contributed by atoms with Crippen LogP contribution in [0.2, 0.25) is 0 Å². The molecule has 2 aromatic rings. The first-order valence-electron chi connectivity index (χ1n) is 6.28. The summed E-state index contributed by atoms with van der Waals surface area (Å²) >= 11 is 0. The average molecular weight is 240 g/mol. The summed E-state index contributed by atoms with van der Waals surface area (Å²) in [6, 6.07) is 17.1. The molecule has 0 bridgehead atoms. The molecule has 0 aliphatic carbocycles. The van der Waals surface area contributed by atoms with E-state index in [0.717, 1.165) is 0 Å². The number of nitrogens with two attached hydrogens (primary N) is 1. The molecule has 0 fully saturated rings. The Morgan fingerprint density at radius 3 is 2.56 bits per heavy atom. The Balaban J connectivity index is 2.42. The highest BCUT2D eigenvalue weighted by Gasteiger charge is 2.13. The molecule has 2 aromatic carbocycles. The monoisotopic (exact) mass is 240 g/mol. The van der Waals surface area contributed by atoms with Crippen molar-refractivity contribution in [2.75, 3.05) is 7.05 Å². The lowest BCUT2D eigenvalue weighted by molar-refractivity contribution is 0.686. The zero-order valence-electron chi connectivity index (χ0n) is 11.0. The Hall–Kier alpha value is -1.64. The zero-order valence-corrected chi connectivity index (χ0v) is 11.0. The lowest BCUT2D eigenvalue weighted by atomic mass is 9.94. The minimum absolute atomic E-state index is 0.220. The molecule has 0 radical (unpaired) electrons. The molecule has 0 aliphatic rings. The predicted molar refractivity (Wildman–Crippen MR) is 76.4 cm³/mol. The first-order valence-corrected chi connectivity index (χ1v) is 6.28. The first kappa shape index (κ1) is 12.8. The molecule has 2 rings (SSSR count). The van der Waals surface area contributed by atoms with E-state index in [1.807, 2.05) is 7.05 Å². The van der Waals surface area contributed by atoms with Crippen LogP contribution in [0, 0.1) is 6.92 Å². The summed E-state index contributed by atoms with van der Waals surface area (Å²) in [7, 11) is 1.99. The highest BCUT2D eigenvalue weighted by molar-refractivity contribution is 5.38. The van der Waals surface area contributed by atoms with Gasteiger partial charge in [0.15, 0.2) is 0 Å². The summed E-state index contributed by atoms with van der Waals surface area (Å²) < 4.78 is 0. The molecule has 0 aliphatic heterocycles. The number of aryl methyl sites for hydroxylation is 1. The van der Waals surface area contributed by atoms with Crippen molar-refractivity contribution in [2.45, 2.75) is 19.5 Å². The van der Waals surface area contributed by atoms with Gasteiger partial charge in [-0.05, 0) is 36.2 Å². The van der Waals surface area contributed by atoms with Gasteiger partial charge in [-0.3, -0.25) is 0 Å². The van der Waals surface area contributed by atoms with Crippen LogP contribution >= 0.6 is 0 Å². The third kappa shape index (κ3) is 2.61. The normalized spacial score (nSPS) is 12.4. The van der Waals surface area contributed by atoms with E-state index in [1.54, 1.807) is 0 Å². The summed E-state index contributed by atoms with van der Waals surface area (Å²) in [5, 5.41) is 3.39. The molecular weight excluding hydrogens is 220 g/mol. The van der Waals surface area contributed by atoms with Gasteiger partial charge < -0.3 is 11.1 Å². The van der Waals surface area contributed by atoms with Crippen molar-refractivity contribution >= 4 is 0 Å². The maximum absolute atomic E-state index is 5.71. The number of rotatable bonds is 4. The lowest BCUT2D eigenvalue weighted by Crippen LogP contribution is -2.19. The van der Waals surface area contributed by atoms with E-state index in [-0.39, 0.29) is 6.04 Å². The van der Waals surface area contributed by atoms with Gasteiger partial charge in [0, 0.05) is 6.54 Å². The van der Waals surface area contributed by atoms with Gasteiger partial charge in [0.1, 0.15) is 0 Å². The Bertz CT molecular complexity index is 520. The second-order valence-corrected chi connectivity index (χ2v) is 4.53. The van der Waals surface area contributed by atoms with Gasteiger partial charge in [-0.15, -0.1) is 0 Å². The predicted octanol–water partition coefficient (Wildman–Crippen LogP) is 2.76. The van der Waals surface area contributed by atoms with Crippen LogP contribution in [-0.2, 0) is 6.54 Å². The topological polar surface area (TPSA) is 38.0 Å². The van der Waals surface area contributed by atoms with Crippen LogP contribution in [0.4, 0.5) is 0 Å². The fraction of sp³-hybridized carbons (Fsp3) is 0.250. The van der Waals surface area contributed by atoms with Crippen LogP contribution in [-0.4, -0.2) is 7.05 Å². The highest BCUT2D eigenvalue weighted by atomic mass is 14.9. The van der Waals surface area contributed by atoms with Gasteiger partial charge in [-0.1, -0.05) is 48.5 Å². The van der Waals surface area contributed by atoms with Crippen molar-refractivity contribution in [3.63, 3.8) is 0 Å². The van der Waals surface area contributed by atoms with Gasteiger partial charge in [0.2, 0.25) is 0 Å². The first-order chi connectivity index (χ1) is 8.76. The van der Waals surface area contributed by atoms with Crippen molar-refractivity contribution in [1.29, 1.82) is 0 Å². The zero-order chi connectivity index (χ0) is 13.0. The molecule has 0 saturated heterocycles. The van der Waals surface area contributed by atoms with Gasteiger partial charge in [0.25, 0.3) is 0 Å². The van der Waals surface area contributed by atoms with Crippen LogP contribution in [0.3, 0.4) is 0 Å². The van der Waals surface area contributed by atoms with Crippen LogP contribution in [0.1, 0.15) is 28.3 Å². The smallest absolute Gasteiger partial charge is 0.0576 e. The quantitative estimate of drug-likeness (QED) is 0.862. The minimum atomic E-state index is 0.220. The minimum Gasteiger partial charge on any atom is -0.326 e. The fourth-order valence-electron chi connectivity index (χ4n) is 2.31. The Kier molecular flexibility index (Phi) is 4.13. The summed E-state index contributed by atoms with van der Waals surface area (Å²) in [6.45, 7) is 2.73. The second kappa shape index (κ2) is 5.80. The Labute approximate surface area is 109 Å². The van der Waals surface area contributed by atoms with Gasteiger partial charge in [-0.2, -0.15) is 0 Å². The number of benzene rings is 2. The van der Waals surface area contributed by atoms with Gasteiger partial charge in [0.05, 0.1) is 6.04 Å². The molecule has 0 spiro atoms. The van der Waals surface area contributed by atoms with E-state index >= 15 is 0 Å². The molecule has 18 heavy (non-hydrogen) atoms. The molecule has 1 atom stereocenters. The summed E-state index contributed by atoms with van der Waals surface area (Å²) in [5.41, 5.74) is 10.8. The van der Waals surface area contributed by atoms with Crippen LogP contribution in [0.5, 0.6) is 0 Å². The van der Waals surface area contributed by atoms with E-state index in [9.17, 15) is 0 Å². The van der Waals surface area contributed by atoms with Crippen molar-refractivity contribution in [2.24, 2.45) is 5.73 Å². The highest BCUT2D eigenvalue weighted by Crippen LogP contribution is 2.24. The summed E-state index contributed by atoms with van der Waals surface area (Å²) in [4.78, 5) is 0. The molecule has 2 nitrogen and oxygen atoms in total. The SMILES string of the molecule is CNC(c1cccc(CN)c1)c1ccccc1C. The standard InChI is InChI=1S/C16H20N2/c1-12-6-3-4-9-15(12)16(18-2)14-8-5-7-13(10-14)11-17/h3-10,16,18H,11,17H2,1-2H3. The molecule has 1 unspecified atom stereocenters. The third-order valence-corrected chi connectivity index (χ3v) is 3.31. The van der Waals surface area contributed by atoms with Crippen molar-refractivity contribution in [3.8, 4) is 0 Å². The Morgan fingerprint density at radius 2 is 1.89 bits per heavy atom. The van der Waals surface area contributed by atoms with Gasteiger partial charge in [-0.25, -0.2) is 0 Å². The lowest BCUT2D eigenvalue weighted by Gasteiger charge is -2.20. The van der Waals surface area contributed by atoms with Crippen LogP contribution < -0.4 is 11.1 Å². The largest absolute Gasteiger partial charge is 0.326 e.